The molecular formula is C8H15N5O. The van der Waals surface area contributed by atoms with Gasteiger partial charge in [-0.25, -0.2) is 0 Å². The van der Waals surface area contributed by atoms with Crippen molar-refractivity contribution < 1.29 is 5.11 Å². The first-order valence-corrected chi connectivity index (χ1v) is 4.99. The molecule has 1 aromatic heterocycles. The average Bonchev–Trinajstić information content (AvgIpc) is 2.72. The number of hydrogen-bond donors (Lipinski definition) is 3. The molecule has 1 saturated carbocycles. The Balaban J connectivity index is 1.79. The lowest BCUT2D eigenvalue weighted by atomic mass is 9.87. The smallest absolute Gasteiger partial charge is 0.263 e. The van der Waals surface area contributed by atoms with E-state index in [0.29, 0.717) is 24.5 Å². The van der Waals surface area contributed by atoms with Crippen LogP contribution in [-0.2, 0) is 0 Å². The van der Waals surface area contributed by atoms with Crippen LogP contribution in [0.2, 0.25) is 0 Å². The van der Waals surface area contributed by atoms with Gasteiger partial charge in [0, 0.05) is 12.6 Å². The van der Waals surface area contributed by atoms with Crippen molar-refractivity contribution >= 4 is 5.95 Å². The molecule has 6 heteroatoms. The van der Waals surface area contributed by atoms with Gasteiger partial charge >= 0.3 is 0 Å². The number of hydrogen-bond acceptors (Lipinski definition) is 5. The summed E-state index contributed by atoms with van der Waals surface area (Å²) in [5.41, 5.74) is 0. The van der Waals surface area contributed by atoms with Crippen LogP contribution in [0, 0.1) is 5.92 Å². The Morgan fingerprint density at radius 1 is 1.36 bits per heavy atom. The van der Waals surface area contributed by atoms with Crippen LogP contribution >= 0.6 is 0 Å². The van der Waals surface area contributed by atoms with E-state index in [4.69, 9.17) is 5.11 Å². The third-order valence-corrected chi connectivity index (χ3v) is 2.78. The Hall–Kier alpha value is -1.17. The van der Waals surface area contributed by atoms with Crippen LogP contribution in [0.3, 0.4) is 0 Å². The molecule has 2 rings (SSSR count). The van der Waals surface area contributed by atoms with Crippen LogP contribution in [0.5, 0.6) is 0 Å². The minimum Gasteiger partial charge on any atom is -0.396 e. The average molecular weight is 197 g/mol. The molecule has 78 valence electrons. The Morgan fingerprint density at radius 3 is 2.71 bits per heavy atom. The molecule has 1 heterocycles. The van der Waals surface area contributed by atoms with Gasteiger partial charge in [0.2, 0.25) is 0 Å². The molecule has 0 aliphatic heterocycles. The first kappa shape index (κ1) is 9.39. The van der Waals surface area contributed by atoms with E-state index in [1.54, 1.807) is 0 Å². The number of aromatic amines is 1. The van der Waals surface area contributed by atoms with Crippen molar-refractivity contribution in [1.82, 2.24) is 20.6 Å². The Labute approximate surface area is 82.1 Å². The maximum absolute atomic E-state index is 8.97. The highest BCUT2D eigenvalue weighted by Gasteiger charge is 2.20. The highest BCUT2D eigenvalue weighted by Crippen LogP contribution is 2.25. The van der Waals surface area contributed by atoms with Gasteiger partial charge in [-0.2, -0.15) is 5.21 Å². The lowest BCUT2D eigenvalue weighted by Crippen LogP contribution is -2.27. The third-order valence-electron chi connectivity index (χ3n) is 2.78. The summed E-state index contributed by atoms with van der Waals surface area (Å²) in [6, 6.07) is 0.426. The lowest BCUT2D eigenvalue weighted by molar-refractivity contribution is 0.185. The number of aliphatic hydroxyl groups excluding tert-OH is 1. The molecule has 0 atom stereocenters. The van der Waals surface area contributed by atoms with Gasteiger partial charge in [0.25, 0.3) is 5.95 Å². The fourth-order valence-corrected chi connectivity index (χ4v) is 1.89. The molecule has 1 aliphatic carbocycles. The zero-order valence-corrected chi connectivity index (χ0v) is 7.98. The topological polar surface area (TPSA) is 86.7 Å². The molecule has 0 unspecified atom stereocenters. The van der Waals surface area contributed by atoms with Gasteiger partial charge in [-0.15, -0.1) is 5.10 Å². The molecule has 3 N–H and O–H groups in total. The first-order valence-electron chi connectivity index (χ1n) is 4.99. The molecule has 6 nitrogen and oxygen atoms in total. The van der Waals surface area contributed by atoms with Gasteiger partial charge < -0.3 is 10.4 Å². The normalized spacial score (nSPS) is 27.5. The van der Waals surface area contributed by atoms with Crippen molar-refractivity contribution in [1.29, 1.82) is 0 Å². The Morgan fingerprint density at radius 2 is 2.14 bits per heavy atom. The van der Waals surface area contributed by atoms with Crippen molar-refractivity contribution in [2.75, 3.05) is 11.9 Å². The molecular weight excluding hydrogens is 182 g/mol. The van der Waals surface area contributed by atoms with Crippen molar-refractivity contribution in [3.8, 4) is 0 Å². The summed E-state index contributed by atoms with van der Waals surface area (Å²) >= 11 is 0. The molecule has 1 fully saturated rings. The number of H-pyrrole nitrogens is 1. The predicted molar refractivity (Wildman–Crippen MR) is 50.6 cm³/mol. The quantitative estimate of drug-likeness (QED) is 0.642. The summed E-state index contributed by atoms with van der Waals surface area (Å²) in [5, 5.41) is 25.8. The molecule has 0 aromatic carbocycles. The second kappa shape index (κ2) is 4.36. The molecule has 0 spiro atoms. The van der Waals surface area contributed by atoms with Crippen molar-refractivity contribution in [2.24, 2.45) is 5.92 Å². The third kappa shape index (κ3) is 2.20. The number of nitrogens with one attached hydrogen (secondary N) is 2. The maximum Gasteiger partial charge on any atom is 0.263 e. The molecule has 0 radical (unpaired) electrons. The Bertz CT molecular complexity index is 255. The zero-order chi connectivity index (χ0) is 9.80. The van der Waals surface area contributed by atoms with E-state index in [2.05, 4.69) is 25.9 Å². The minimum atomic E-state index is 0.314. The molecule has 1 aliphatic rings. The molecule has 1 aromatic rings. The van der Waals surface area contributed by atoms with Crippen molar-refractivity contribution in [3.63, 3.8) is 0 Å². The van der Waals surface area contributed by atoms with Crippen molar-refractivity contribution in [3.05, 3.63) is 0 Å². The van der Waals surface area contributed by atoms with Crippen LogP contribution in [-0.4, -0.2) is 38.4 Å². The number of aliphatic hydroxyl groups is 1. The maximum atomic E-state index is 8.97. The molecule has 0 bridgehead atoms. The summed E-state index contributed by atoms with van der Waals surface area (Å²) < 4.78 is 0. The number of aromatic nitrogens is 4. The second-order valence-corrected chi connectivity index (χ2v) is 3.78. The summed E-state index contributed by atoms with van der Waals surface area (Å²) in [6.07, 6.45) is 4.29. The summed E-state index contributed by atoms with van der Waals surface area (Å²) in [5.74, 6) is 1.05. The van der Waals surface area contributed by atoms with Crippen LogP contribution < -0.4 is 5.32 Å². The number of tetrazole rings is 1. The SMILES string of the molecule is OCC1CCC(Nc2nn[nH]n2)CC1. The summed E-state index contributed by atoms with van der Waals surface area (Å²) in [7, 11) is 0. The highest BCUT2D eigenvalue weighted by atomic mass is 16.3. The zero-order valence-electron chi connectivity index (χ0n) is 7.98. The minimum absolute atomic E-state index is 0.314. The van der Waals surface area contributed by atoms with Gasteiger partial charge in [-0.05, 0) is 36.8 Å². The van der Waals surface area contributed by atoms with Crippen LogP contribution in [0.15, 0.2) is 0 Å². The Kier molecular flexibility index (Phi) is 2.93. The number of anilines is 1. The van der Waals surface area contributed by atoms with E-state index in [0.717, 1.165) is 25.7 Å². The largest absolute Gasteiger partial charge is 0.396 e. The van der Waals surface area contributed by atoms with Gasteiger partial charge in [-0.1, -0.05) is 5.10 Å². The van der Waals surface area contributed by atoms with Crippen LogP contribution in [0.1, 0.15) is 25.7 Å². The standard InChI is InChI=1S/C8H15N5O/c14-5-6-1-3-7(4-2-6)9-8-10-12-13-11-8/h6-7,14H,1-5H2,(H2,9,10,11,12,13). The van der Waals surface area contributed by atoms with E-state index < -0.39 is 0 Å². The van der Waals surface area contributed by atoms with Crippen molar-refractivity contribution in [2.45, 2.75) is 31.7 Å². The second-order valence-electron chi connectivity index (χ2n) is 3.78. The van der Waals surface area contributed by atoms with Gasteiger partial charge in [0.1, 0.15) is 0 Å². The first-order chi connectivity index (χ1) is 6.88. The highest BCUT2D eigenvalue weighted by molar-refractivity contribution is 5.21. The van der Waals surface area contributed by atoms with E-state index >= 15 is 0 Å². The number of rotatable bonds is 3. The molecule has 0 amide bonds. The summed E-state index contributed by atoms with van der Waals surface area (Å²) in [6.45, 7) is 0.314. The van der Waals surface area contributed by atoms with E-state index in [9.17, 15) is 0 Å². The van der Waals surface area contributed by atoms with E-state index in [1.807, 2.05) is 0 Å². The fraction of sp³-hybridized carbons (Fsp3) is 0.875. The van der Waals surface area contributed by atoms with E-state index in [-0.39, 0.29) is 0 Å². The van der Waals surface area contributed by atoms with Crippen LogP contribution in [0.4, 0.5) is 5.95 Å². The predicted octanol–water partition coefficient (Wildman–Crippen LogP) is 0.163. The van der Waals surface area contributed by atoms with Crippen LogP contribution in [0.25, 0.3) is 0 Å². The molecule has 0 saturated heterocycles. The number of nitrogens with zero attached hydrogens (tertiary/aromatic N) is 3. The lowest BCUT2D eigenvalue weighted by Gasteiger charge is -2.27. The van der Waals surface area contributed by atoms with E-state index in [1.165, 1.54) is 0 Å². The molecule has 14 heavy (non-hydrogen) atoms. The van der Waals surface area contributed by atoms with Gasteiger partial charge in [-0.3, -0.25) is 0 Å². The fourth-order valence-electron chi connectivity index (χ4n) is 1.89. The monoisotopic (exact) mass is 197 g/mol. The van der Waals surface area contributed by atoms with Gasteiger partial charge in [0.05, 0.1) is 0 Å². The van der Waals surface area contributed by atoms with Gasteiger partial charge in [0.15, 0.2) is 0 Å². The summed E-state index contributed by atoms with van der Waals surface area (Å²) in [4.78, 5) is 0.